The maximum Gasteiger partial charge on any atom is 0.338 e. The van der Waals surface area contributed by atoms with Gasteiger partial charge < -0.3 is 4.57 Å². The number of imidazole rings is 1. The topological polar surface area (TPSA) is 65.1 Å². The summed E-state index contributed by atoms with van der Waals surface area (Å²) in [4.78, 5) is 13.7. The number of hydrogen-bond donors (Lipinski definition) is 0. The van der Waals surface area contributed by atoms with Gasteiger partial charge >= 0.3 is 5.69 Å². The standard InChI is InChI=1S/C26H30FN5O2P2/c1-16-14-20(15-17(2)24(16)27)32-25(23-18(3)31(35)11-10-22(23)28-32)30-13-12-29(26(30)33)19-6-8-21(9-7-19)36(4,5)34/h6-9,12-15,18H,10-11,35H2,1-5H3. The van der Waals surface area contributed by atoms with E-state index in [4.69, 9.17) is 5.10 Å². The van der Waals surface area contributed by atoms with Crippen LogP contribution in [-0.2, 0) is 11.0 Å². The molecule has 1 aliphatic heterocycles. The number of rotatable bonds is 4. The number of aryl methyl sites for hydroxylation is 2. The molecule has 36 heavy (non-hydrogen) atoms. The fourth-order valence-corrected chi connectivity index (χ4v) is 5.98. The summed E-state index contributed by atoms with van der Waals surface area (Å²) in [5.74, 6) is 0.416. The number of fused-ring (bicyclic) bond motifs is 1. The van der Waals surface area contributed by atoms with Crippen molar-refractivity contribution in [1.82, 2.24) is 23.6 Å². The fraction of sp³-hybridized carbons (Fsp3) is 0.308. The molecule has 0 spiro atoms. The van der Waals surface area contributed by atoms with Gasteiger partial charge in [-0.1, -0.05) is 9.39 Å². The normalized spacial score (nSPS) is 16.4. The molecule has 0 fully saturated rings. The smallest absolute Gasteiger partial charge is 0.319 e. The first kappa shape index (κ1) is 24.9. The third-order valence-electron chi connectivity index (χ3n) is 6.92. The van der Waals surface area contributed by atoms with E-state index in [2.05, 4.69) is 21.0 Å². The molecule has 0 N–H and O–H groups in total. The van der Waals surface area contributed by atoms with Gasteiger partial charge in [0.05, 0.1) is 17.1 Å². The van der Waals surface area contributed by atoms with Crippen molar-refractivity contribution in [3.05, 3.63) is 87.5 Å². The minimum Gasteiger partial charge on any atom is -0.319 e. The van der Waals surface area contributed by atoms with Gasteiger partial charge in [0.2, 0.25) is 0 Å². The van der Waals surface area contributed by atoms with Crippen molar-refractivity contribution in [2.75, 3.05) is 19.9 Å². The maximum absolute atomic E-state index is 14.4. The second-order valence-corrected chi connectivity index (χ2v) is 13.7. The molecule has 0 bridgehead atoms. The van der Waals surface area contributed by atoms with Crippen molar-refractivity contribution >= 4 is 21.8 Å². The quantitative estimate of drug-likeness (QED) is 0.368. The summed E-state index contributed by atoms with van der Waals surface area (Å²) in [7, 11) is 0.375. The van der Waals surface area contributed by atoms with Crippen LogP contribution in [0, 0.1) is 19.7 Å². The Bertz CT molecular complexity index is 1560. The maximum atomic E-state index is 14.4. The summed E-state index contributed by atoms with van der Waals surface area (Å²) in [6.45, 7) is 9.85. The Kier molecular flexibility index (Phi) is 6.19. The van der Waals surface area contributed by atoms with E-state index in [1.54, 1.807) is 65.5 Å². The highest BCUT2D eigenvalue weighted by molar-refractivity contribution is 7.70. The van der Waals surface area contributed by atoms with Gasteiger partial charge in [0, 0.05) is 42.3 Å². The van der Waals surface area contributed by atoms with E-state index in [0.717, 1.165) is 29.5 Å². The molecule has 10 heteroatoms. The molecule has 2 aromatic heterocycles. The molecule has 0 saturated carbocycles. The zero-order valence-corrected chi connectivity index (χ0v) is 23.1. The fourth-order valence-electron chi connectivity index (χ4n) is 4.84. The van der Waals surface area contributed by atoms with Gasteiger partial charge in [0.25, 0.3) is 0 Å². The third kappa shape index (κ3) is 4.11. The lowest BCUT2D eigenvalue weighted by molar-refractivity contribution is 0.359. The van der Waals surface area contributed by atoms with Gasteiger partial charge in [-0.2, -0.15) is 5.10 Å². The molecule has 3 heterocycles. The first-order chi connectivity index (χ1) is 17.0. The Balaban J connectivity index is 1.71. The largest absolute Gasteiger partial charge is 0.338 e. The Morgan fingerprint density at radius 2 is 1.64 bits per heavy atom. The lowest BCUT2D eigenvalue weighted by Gasteiger charge is -2.29. The minimum atomic E-state index is -2.39. The van der Waals surface area contributed by atoms with E-state index in [1.807, 2.05) is 24.3 Å². The van der Waals surface area contributed by atoms with E-state index in [9.17, 15) is 13.8 Å². The number of benzene rings is 2. The zero-order valence-electron chi connectivity index (χ0n) is 21.1. The summed E-state index contributed by atoms with van der Waals surface area (Å²) in [6.07, 6.45) is 4.21. The molecule has 5 rings (SSSR count). The highest BCUT2D eigenvalue weighted by atomic mass is 31.2. The monoisotopic (exact) mass is 525 g/mol. The third-order valence-corrected chi connectivity index (χ3v) is 9.16. The first-order valence-corrected chi connectivity index (χ1v) is 15.0. The van der Waals surface area contributed by atoms with Crippen LogP contribution in [0.5, 0.6) is 0 Å². The van der Waals surface area contributed by atoms with Crippen molar-refractivity contribution < 1.29 is 8.96 Å². The molecule has 188 valence electrons. The van der Waals surface area contributed by atoms with Gasteiger partial charge in [-0.25, -0.2) is 13.9 Å². The average Bonchev–Trinajstić information content (AvgIpc) is 3.39. The van der Waals surface area contributed by atoms with E-state index in [-0.39, 0.29) is 17.5 Å². The van der Waals surface area contributed by atoms with Crippen LogP contribution in [0.3, 0.4) is 0 Å². The summed E-state index contributed by atoms with van der Waals surface area (Å²) in [5, 5.41) is 5.68. The predicted molar refractivity (Wildman–Crippen MR) is 146 cm³/mol. The van der Waals surface area contributed by atoms with Gasteiger partial charge in [0.15, 0.2) is 0 Å². The van der Waals surface area contributed by atoms with E-state index >= 15 is 0 Å². The van der Waals surface area contributed by atoms with Gasteiger partial charge in [-0.3, -0.25) is 13.8 Å². The molecule has 2 atom stereocenters. The zero-order chi connectivity index (χ0) is 25.9. The highest BCUT2D eigenvalue weighted by Crippen LogP contribution is 2.37. The van der Waals surface area contributed by atoms with Crippen molar-refractivity contribution in [2.24, 2.45) is 0 Å². The van der Waals surface area contributed by atoms with Gasteiger partial charge in [-0.15, -0.1) is 0 Å². The summed E-state index contributed by atoms with van der Waals surface area (Å²) in [5.41, 5.74) is 4.12. The Labute approximate surface area is 212 Å². The van der Waals surface area contributed by atoms with E-state index < -0.39 is 7.14 Å². The van der Waals surface area contributed by atoms with Crippen LogP contribution in [0.2, 0.25) is 0 Å². The van der Waals surface area contributed by atoms with Crippen LogP contribution >= 0.6 is 16.5 Å². The summed E-state index contributed by atoms with van der Waals surface area (Å²) in [6, 6.07) is 10.8. The molecule has 0 radical (unpaired) electrons. The van der Waals surface area contributed by atoms with Crippen LogP contribution in [0.1, 0.15) is 35.3 Å². The Morgan fingerprint density at radius 1 is 1.03 bits per heavy atom. The van der Waals surface area contributed by atoms with Crippen LogP contribution < -0.4 is 11.0 Å². The SMILES string of the molecule is Cc1cc(-n2nc3c(c2-n2ccn(-c4ccc(P(C)(C)=O)cc4)c2=O)C(C)N(P)CC3)cc(C)c1F. The van der Waals surface area contributed by atoms with Crippen molar-refractivity contribution in [3.8, 4) is 17.2 Å². The van der Waals surface area contributed by atoms with Crippen molar-refractivity contribution in [3.63, 3.8) is 0 Å². The minimum absolute atomic E-state index is 0.0166. The lowest BCUT2D eigenvalue weighted by atomic mass is 10.0. The Morgan fingerprint density at radius 3 is 2.25 bits per heavy atom. The average molecular weight is 526 g/mol. The molecule has 2 aromatic carbocycles. The molecule has 7 nitrogen and oxygen atoms in total. The predicted octanol–water partition coefficient (Wildman–Crippen LogP) is 4.53. The van der Waals surface area contributed by atoms with Crippen LogP contribution in [-0.4, -0.2) is 43.5 Å². The van der Waals surface area contributed by atoms with E-state index in [1.165, 1.54) is 0 Å². The molecule has 1 aliphatic rings. The van der Waals surface area contributed by atoms with Crippen LogP contribution in [0.15, 0.2) is 53.6 Å². The lowest BCUT2D eigenvalue weighted by Crippen LogP contribution is -2.28. The molecular formula is C26H30FN5O2P2. The number of halogens is 1. The second-order valence-electron chi connectivity index (χ2n) is 9.84. The molecular weight excluding hydrogens is 495 g/mol. The molecule has 0 aliphatic carbocycles. The second kappa shape index (κ2) is 8.95. The van der Waals surface area contributed by atoms with Gasteiger partial charge in [0.1, 0.15) is 18.8 Å². The highest BCUT2D eigenvalue weighted by Gasteiger charge is 2.31. The molecule has 4 aromatic rings. The van der Waals surface area contributed by atoms with Crippen LogP contribution in [0.4, 0.5) is 4.39 Å². The van der Waals surface area contributed by atoms with Crippen LogP contribution in [0.25, 0.3) is 17.2 Å². The molecule has 0 saturated heterocycles. The number of nitrogens with zero attached hydrogens (tertiary/aromatic N) is 5. The number of hydrogen-bond acceptors (Lipinski definition) is 4. The molecule has 0 amide bonds. The first-order valence-electron chi connectivity index (χ1n) is 11.8. The van der Waals surface area contributed by atoms with Crippen molar-refractivity contribution in [2.45, 2.75) is 33.2 Å². The van der Waals surface area contributed by atoms with Gasteiger partial charge in [-0.05, 0) is 81.6 Å². The number of aromatic nitrogens is 4. The van der Waals surface area contributed by atoms with Crippen molar-refractivity contribution in [1.29, 1.82) is 0 Å². The summed E-state index contributed by atoms with van der Waals surface area (Å²) >= 11 is 0. The summed E-state index contributed by atoms with van der Waals surface area (Å²) < 4.78 is 33.9. The van der Waals surface area contributed by atoms with E-state index in [0.29, 0.717) is 28.3 Å². The Hall–Kier alpha value is -2.79. The molecule has 2 unspecified atom stereocenters.